The van der Waals surface area contributed by atoms with Crippen molar-refractivity contribution < 1.29 is 24.2 Å². The molecular formula is C26H34N4O5. The topological polar surface area (TPSA) is 105 Å². The summed E-state index contributed by atoms with van der Waals surface area (Å²) in [5.41, 5.74) is 2.00. The van der Waals surface area contributed by atoms with E-state index in [0.29, 0.717) is 31.9 Å². The molecule has 9 heteroatoms. The number of hydrogen-bond acceptors (Lipinski definition) is 7. The minimum absolute atomic E-state index is 0.0431. The number of aromatic nitrogens is 2. The summed E-state index contributed by atoms with van der Waals surface area (Å²) in [5, 5.41) is 9.85. The van der Waals surface area contributed by atoms with Crippen LogP contribution in [0.3, 0.4) is 0 Å². The average Bonchev–Trinajstić information content (AvgIpc) is 2.90. The zero-order valence-corrected chi connectivity index (χ0v) is 20.6. The van der Waals surface area contributed by atoms with E-state index in [2.05, 4.69) is 9.97 Å². The van der Waals surface area contributed by atoms with Gasteiger partial charge in [0.2, 0.25) is 11.8 Å². The molecule has 9 nitrogen and oxygen atoms in total. The molecule has 4 rings (SSSR count). The summed E-state index contributed by atoms with van der Waals surface area (Å²) >= 11 is 0. The number of nitrogens with zero attached hydrogens (tertiary/aromatic N) is 4. The molecule has 0 aliphatic carbocycles. The molecule has 0 bridgehead atoms. The first kappa shape index (κ1) is 25.1. The number of carbonyl (C=O) groups is 2. The predicted octanol–water partition coefficient (Wildman–Crippen LogP) is 2.25. The molecule has 2 aliphatic rings. The van der Waals surface area contributed by atoms with Gasteiger partial charge in [-0.1, -0.05) is 6.92 Å². The molecule has 1 fully saturated rings. The van der Waals surface area contributed by atoms with Gasteiger partial charge in [0.1, 0.15) is 11.7 Å². The van der Waals surface area contributed by atoms with Crippen LogP contribution < -0.4 is 4.74 Å². The van der Waals surface area contributed by atoms with Gasteiger partial charge in [0.05, 0.1) is 19.2 Å². The smallest absolute Gasteiger partial charge is 0.259 e. The Bertz CT molecular complexity index is 1030. The van der Waals surface area contributed by atoms with Gasteiger partial charge in [-0.15, -0.1) is 0 Å². The number of fused-ring (bicyclic) bond motifs is 1. The lowest BCUT2D eigenvalue weighted by Gasteiger charge is -2.38. The van der Waals surface area contributed by atoms with Crippen molar-refractivity contribution >= 4 is 11.8 Å². The van der Waals surface area contributed by atoms with Crippen molar-refractivity contribution in [2.75, 3.05) is 40.0 Å². The average molecular weight is 483 g/mol. The largest absolute Gasteiger partial charge is 0.472 e. The monoisotopic (exact) mass is 482 g/mol. The number of carbonyl (C=O) groups excluding carboxylic acids is 2. The molecule has 1 N–H and O–H groups in total. The van der Waals surface area contributed by atoms with E-state index in [9.17, 15) is 14.7 Å². The molecule has 2 aromatic heterocycles. The maximum atomic E-state index is 13.6. The lowest BCUT2D eigenvalue weighted by molar-refractivity contribution is -0.138. The number of hydrogen-bond donors (Lipinski definition) is 1. The SMILES string of the molecule is C[C@@H]1CN([C@@H](C)CO)C(=O)c2cc(-c3ccncc3)cnc2O[C@H]1CN(C)C(=O)C1CCOCC1. The van der Waals surface area contributed by atoms with Crippen LogP contribution in [0.4, 0.5) is 0 Å². The molecule has 1 saturated heterocycles. The summed E-state index contributed by atoms with van der Waals surface area (Å²) in [6, 6.07) is 5.12. The van der Waals surface area contributed by atoms with Crippen LogP contribution in [0.5, 0.6) is 5.88 Å². The molecule has 35 heavy (non-hydrogen) atoms. The van der Waals surface area contributed by atoms with Crippen LogP contribution in [0.25, 0.3) is 11.1 Å². The summed E-state index contributed by atoms with van der Waals surface area (Å²) in [7, 11) is 1.80. The summed E-state index contributed by atoms with van der Waals surface area (Å²) in [4.78, 5) is 38.6. The molecule has 0 saturated carbocycles. The Kier molecular flexibility index (Phi) is 7.97. The predicted molar refractivity (Wildman–Crippen MR) is 130 cm³/mol. The molecule has 0 unspecified atom stereocenters. The van der Waals surface area contributed by atoms with E-state index in [0.717, 1.165) is 24.0 Å². The number of amides is 2. The molecule has 4 heterocycles. The van der Waals surface area contributed by atoms with Gasteiger partial charge in [0.15, 0.2) is 0 Å². The fourth-order valence-corrected chi connectivity index (χ4v) is 4.64. The van der Waals surface area contributed by atoms with Gasteiger partial charge in [-0.25, -0.2) is 4.98 Å². The first-order valence-electron chi connectivity index (χ1n) is 12.2. The summed E-state index contributed by atoms with van der Waals surface area (Å²) in [6.07, 6.45) is 6.14. The van der Waals surface area contributed by atoms with Crippen molar-refractivity contribution in [3.05, 3.63) is 42.4 Å². The molecule has 0 spiro atoms. The molecule has 2 amide bonds. The third-order valence-corrected chi connectivity index (χ3v) is 6.94. The Labute approximate surface area is 206 Å². The van der Waals surface area contributed by atoms with Gasteiger partial charge in [0, 0.05) is 62.8 Å². The zero-order chi connectivity index (χ0) is 24.9. The van der Waals surface area contributed by atoms with Gasteiger partial charge in [-0.05, 0) is 43.5 Å². The zero-order valence-electron chi connectivity index (χ0n) is 20.6. The highest BCUT2D eigenvalue weighted by Crippen LogP contribution is 2.30. The van der Waals surface area contributed by atoms with E-state index in [-0.39, 0.29) is 48.3 Å². The van der Waals surface area contributed by atoms with Crippen molar-refractivity contribution in [1.29, 1.82) is 0 Å². The fourth-order valence-electron chi connectivity index (χ4n) is 4.64. The quantitative estimate of drug-likeness (QED) is 0.673. The van der Waals surface area contributed by atoms with Crippen molar-refractivity contribution in [3.8, 4) is 17.0 Å². The summed E-state index contributed by atoms with van der Waals surface area (Å²) < 4.78 is 11.7. The van der Waals surface area contributed by atoms with Gasteiger partial charge in [-0.2, -0.15) is 0 Å². The Morgan fingerprint density at radius 1 is 1.26 bits per heavy atom. The van der Waals surface area contributed by atoms with Gasteiger partial charge in [0.25, 0.3) is 5.91 Å². The van der Waals surface area contributed by atoms with Crippen LogP contribution >= 0.6 is 0 Å². The number of aliphatic hydroxyl groups excluding tert-OH is 1. The van der Waals surface area contributed by atoms with Crippen molar-refractivity contribution in [2.24, 2.45) is 11.8 Å². The number of ether oxygens (including phenoxy) is 2. The molecule has 2 aliphatic heterocycles. The van der Waals surface area contributed by atoms with Crippen LogP contribution in [0.1, 0.15) is 37.0 Å². The highest BCUT2D eigenvalue weighted by Gasteiger charge is 2.35. The van der Waals surface area contributed by atoms with Crippen LogP contribution in [0, 0.1) is 11.8 Å². The van der Waals surface area contributed by atoms with Crippen molar-refractivity contribution in [2.45, 2.75) is 38.8 Å². The van der Waals surface area contributed by atoms with E-state index in [1.165, 1.54) is 0 Å². The van der Waals surface area contributed by atoms with Crippen molar-refractivity contribution in [3.63, 3.8) is 0 Å². The second-order valence-electron chi connectivity index (χ2n) is 9.54. The third kappa shape index (κ3) is 5.62. The maximum absolute atomic E-state index is 13.6. The second-order valence-corrected chi connectivity index (χ2v) is 9.54. The fraction of sp³-hybridized carbons (Fsp3) is 0.538. The summed E-state index contributed by atoms with van der Waals surface area (Å²) in [6.45, 7) is 5.64. The van der Waals surface area contributed by atoms with E-state index in [1.807, 2.05) is 26.0 Å². The highest BCUT2D eigenvalue weighted by atomic mass is 16.5. The molecule has 3 atom stereocenters. The first-order chi connectivity index (χ1) is 16.9. The Balaban J connectivity index is 1.64. The van der Waals surface area contributed by atoms with Crippen LogP contribution in [0.15, 0.2) is 36.8 Å². The van der Waals surface area contributed by atoms with Gasteiger partial charge in [-0.3, -0.25) is 14.6 Å². The molecule has 0 radical (unpaired) electrons. The Morgan fingerprint density at radius 2 is 1.97 bits per heavy atom. The van der Waals surface area contributed by atoms with E-state index in [4.69, 9.17) is 9.47 Å². The minimum Gasteiger partial charge on any atom is -0.472 e. The number of likely N-dealkylation sites (N-methyl/N-ethyl adjacent to an activating group) is 1. The minimum atomic E-state index is -0.372. The van der Waals surface area contributed by atoms with Crippen LogP contribution in [-0.4, -0.2) is 88.8 Å². The number of aliphatic hydroxyl groups is 1. The van der Waals surface area contributed by atoms with Crippen LogP contribution in [-0.2, 0) is 9.53 Å². The highest BCUT2D eigenvalue weighted by molar-refractivity contribution is 5.98. The van der Waals surface area contributed by atoms with Gasteiger partial charge < -0.3 is 24.4 Å². The Hall–Kier alpha value is -3.04. The molecule has 188 valence electrons. The van der Waals surface area contributed by atoms with E-state index in [1.54, 1.807) is 41.5 Å². The number of pyridine rings is 2. The molecule has 0 aromatic carbocycles. The van der Waals surface area contributed by atoms with E-state index >= 15 is 0 Å². The molecule has 2 aromatic rings. The van der Waals surface area contributed by atoms with Crippen molar-refractivity contribution in [1.82, 2.24) is 19.8 Å². The lowest BCUT2D eigenvalue weighted by Crippen LogP contribution is -2.51. The van der Waals surface area contributed by atoms with Crippen LogP contribution in [0.2, 0.25) is 0 Å². The second kappa shape index (κ2) is 11.1. The number of rotatable bonds is 6. The summed E-state index contributed by atoms with van der Waals surface area (Å²) in [5.74, 6) is -0.0384. The first-order valence-corrected chi connectivity index (χ1v) is 12.2. The Morgan fingerprint density at radius 3 is 2.66 bits per heavy atom. The third-order valence-electron chi connectivity index (χ3n) is 6.94. The molecular weight excluding hydrogens is 448 g/mol. The maximum Gasteiger partial charge on any atom is 0.259 e. The lowest BCUT2D eigenvalue weighted by atomic mass is 9.97. The normalized spacial score (nSPS) is 21.9. The van der Waals surface area contributed by atoms with Gasteiger partial charge >= 0.3 is 0 Å². The van der Waals surface area contributed by atoms with E-state index < -0.39 is 0 Å². The standard InChI is InChI=1S/C26H34N4O5/c1-17-14-30(18(2)16-31)26(33)22-12-21(19-4-8-27-9-5-19)13-28-24(22)35-23(17)15-29(3)25(32)20-6-10-34-11-7-20/h4-5,8-9,12-13,17-18,20,23,31H,6-7,10-11,14-16H2,1-3H3/t17-,18+,23+/m1/s1.